The maximum atomic E-state index is 9.66. The summed E-state index contributed by atoms with van der Waals surface area (Å²) in [6.45, 7) is 4.51. The molecule has 51 heavy (non-hydrogen) atoms. The van der Waals surface area contributed by atoms with Crippen LogP contribution in [-0.2, 0) is 5.41 Å². The molecule has 0 unspecified atom stereocenters. The molecule has 8 aromatic rings. The highest BCUT2D eigenvalue weighted by molar-refractivity contribution is 5.96. The summed E-state index contributed by atoms with van der Waals surface area (Å²) in [4.78, 5) is 14.9. The topological polar surface area (TPSA) is 62.5 Å². The van der Waals surface area contributed by atoms with Crippen molar-refractivity contribution in [2.24, 2.45) is 0 Å². The smallest absolute Gasteiger partial charge is 0.160 e. The molecular formula is C47H32N4. The van der Waals surface area contributed by atoms with Gasteiger partial charge in [0.2, 0.25) is 0 Å². The Balaban J connectivity index is 1.27. The lowest BCUT2D eigenvalue weighted by Gasteiger charge is -2.22. The van der Waals surface area contributed by atoms with Crippen LogP contribution in [0.25, 0.3) is 78.2 Å². The van der Waals surface area contributed by atoms with Crippen LogP contribution in [0.2, 0.25) is 0 Å². The van der Waals surface area contributed by atoms with Crippen molar-refractivity contribution < 1.29 is 0 Å². The first-order valence-corrected chi connectivity index (χ1v) is 17.2. The Kier molecular flexibility index (Phi) is 7.15. The monoisotopic (exact) mass is 652 g/mol. The van der Waals surface area contributed by atoms with Gasteiger partial charge in [-0.05, 0) is 99.1 Å². The minimum Gasteiger partial charge on any atom is -0.256 e. The van der Waals surface area contributed by atoms with Gasteiger partial charge in [-0.15, -0.1) is 0 Å². The Morgan fingerprint density at radius 2 is 1.12 bits per heavy atom. The summed E-state index contributed by atoms with van der Waals surface area (Å²) in [5, 5.41) is 10.8. The van der Waals surface area contributed by atoms with E-state index < -0.39 is 0 Å². The van der Waals surface area contributed by atoms with Gasteiger partial charge >= 0.3 is 0 Å². The second-order valence-electron chi connectivity index (χ2n) is 13.6. The molecule has 0 aliphatic heterocycles. The Morgan fingerprint density at radius 3 is 1.88 bits per heavy atom. The number of hydrogen-bond acceptors (Lipinski definition) is 4. The van der Waals surface area contributed by atoms with Crippen LogP contribution >= 0.6 is 0 Å². The molecule has 1 aliphatic rings. The molecular weight excluding hydrogens is 621 g/mol. The molecule has 4 heteroatoms. The van der Waals surface area contributed by atoms with Crippen LogP contribution in [-0.4, -0.2) is 15.0 Å². The Hall–Kier alpha value is -6.70. The number of nitrogens with zero attached hydrogens (tertiary/aromatic N) is 4. The molecule has 0 saturated heterocycles. The Labute approximate surface area is 297 Å². The number of hydrogen-bond donors (Lipinski definition) is 0. The van der Waals surface area contributed by atoms with Gasteiger partial charge in [0.05, 0.1) is 28.5 Å². The lowest BCUT2D eigenvalue weighted by Crippen LogP contribution is -2.15. The van der Waals surface area contributed by atoms with E-state index in [0.29, 0.717) is 11.4 Å². The molecule has 0 radical (unpaired) electrons. The second-order valence-corrected chi connectivity index (χ2v) is 13.6. The standard InChI is InChI=1S/C47H32N4/c1-47(2)41-23-30(29-48)17-19-38(41)39-20-18-33(27-42(39)47)34-24-35(37-21-22-49-43-16-10-9-15-40(37)43)26-36(25-34)45-28-44(31-11-5-3-6-12-31)50-46(51-45)32-13-7-4-8-14-32/h3-28H,1-2H3. The van der Waals surface area contributed by atoms with Gasteiger partial charge in [-0.1, -0.05) is 111 Å². The molecule has 0 atom stereocenters. The SMILES string of the molecule is CC1(C)c2cc(C#N)ccc2-c2ccc(-c3cc(-c4cc(-c5ccccc5)nc(-c5ccccc5)n4)cc(-c4ccnc5ccccc45)c3)cc21. The third-order valence-electron chi connectivity index (χ3n) is 10.2. The van der Waals surface area contributed by atoms with Crippen LogP contribution in [0, 0.1) is 11.3 Å². The first kappa shape index (κ1) is 30.4. The first-order chi connectivity index (χ1) is 25.0. The number of para-hydroxylation sites is 1. The summed E-state index contributed by atoms with van der Waals surface area (Å²) in [5.41, 5.74) is 15.4. The van der Waals surface area contributed by atoms with E-state index in [-0.39, 0.29) is 5.41 Å². The normalized spacial score (nSPS) is 12.6. The quantitative estimate of drug-likeness (QED) is 0.186. The van der Waals surface area contributed by atoms with E-state index in [1.165, 1.54) is 22.3 Å². The maximum Gasteiger partial charge on any atom is 0.160 e. The molecule has 9 rings (SSSR count). The lowest BCUT2D eigenvalue weighted by atomic mass is 9.81. The predicted octanol–water partition coefficient (Wildman–Crippen LogP) is 11.5. The van der Waals surface area contributed by atoms with Gasteiger partial charge in [0.15, 0.2) is 5.82 Å². The van der Waals surface area contributed by atoms with Crippen LogP contribution in [0.5, 0.6) is 0 Å². The molecule has 0 saturated carbocycles. The van der Waals surface area contributed by atoms with Crippen molar-refractivity contribution in [2.45, 2.75) is 19.3 Å². The van der Waals surface area contributed by atoms with E-state index in [0.717, 1.165) is 61.2 Å². The molecule has 2 heterocycles. The van der Waals surface area contributed by atoms with Crippen molar-refractivity contribution in [2.75, 3.05) is 0 Å². The van der Waals surface area contributed by atoms with E-state index in [4.69, 9.17) is 9.97 Å². The van der Waals surface area contributed by atoms with Crippen molar-refractivity contribution in [3.63, 3.8) is 0 Å². The molecule has 4 nitrogen and oxygen atoms in total. The van der Waals surface area contributed by atoms with Crippen molar-refractivity contribution in [3.05, 3.63) is 175 Å². The highest BCUT2D eigenvalue weighted by Gasteiger charge is 2.36. The summed E-state index contributed by atoms with van der Waals surface area (Å²) in [6, 6.07) is 54.9. The number of nitriles is 1. The number of benzene rings is 6. The van der Waals surface area contributed by atoms with Crippen LogP contribution in [0.4, 0.5) is 0 Å². The zero-order chi connectivity index (χ0) is 34.5. The van der Waals surface area contributed by atoms with Gasteiger partial charge in [0, 0.05) is 33.7 Å². The molecule has 0 bridgehead atoms. The van der Waals surface area contributed by atoms with Gasteiger partial charge in [-0.2, -0.15) is 5.26 Å². The van der Waals surface area contributed by atoms with E-state index in [1.807, 2.05) is 60.8 Å². The molecule has 0 fully saturated rings. The minimum absolute atomic E-state index is 0.253. The fraction of sp³-hybridized carbons (Fsp3) is 0.0638. The zero-order valence-electron chi connectivity index (χ0n) is 28.3. The average Bonchev–Trinajstić information content (AvgIpc) is 3.42. The van der Waals surface area contributed by atoms with Crippen LogP contribution in [0.3, 0.4) is 0 Å². The Morgan fingerprint density at radius 1 is 0.490 bits per heavy atom. The van der Waals surface area contributed by atoms with E-state index >= 15 is 0 Å². The summed E-state index contributed by atoms with van der Waals surface area (Å²) < 4.78 is 0. The van der Waals surface area contributed by atoms with Crippen LogP contribution < -0.4 is 0 Å². The van der Waals surface area contributed by atoms with Gasteiger partial charge < -0.3 is 0 Å². The second kappa shape index (κ2) is 12.0. The minimum atomic E-state index is -0.253. The molecule has 1 aliphatic carbocycles. The van der Waals surface area contributed by atoms with Gasteiger partial charge in [-0.25, -0.2) is 9.97 Å². The first-order valence-electron chi connectivity index (χ1n) is 17.2. The predicted molar refractivity (Wildman–Crippen MR) is 207 cm³/mol. The fourth-order valence-electron chi connectivity index (χ4n) is 7.50. The summed E-state index contributed by atoms with van der Waals surface area (Å²) >= 11 is 0. The molecule has 0 amide bonds. The van der Waals surface area contributed by atoms with Crippen LogP contribution in [0.15, 0.2) is 158 Å². The molecule has 0 spiro atoms. The Bertz CT molecular complexity index is 2610. The van der Waals surface area contributed by atoms with Crippen molar-refractivity contribution in [3.8, 4) is 73.4 Å². The average molecular weight is 653 g/mol. The van der Waals surface area contributed by atoms with Gasteiger partial charge in [0.1, 0.15) is 0 Å². The number of pyridine rings is 1. The summed E-state index contributed by atoms with van der Waals surface area (Å²) in [7, 11) is 0. The number of fused-ring (bicyclic) bond motifs is 4. The van der Waals surface area contributed by atoms with Crippen LogP contribution in [0.1, 0.15) is 30.5 Å². The maximum absolute atomic E-state index is 9.66. The lowest BCUT2D eigenvalue weighted by molar-refractivity contribution is 0.660. The molecule has 6 aromatic carbocycles. The van der Waals surface area contributed by atoms with Gasteiger partial charge in [-0.3, -0.25) is 4.98 Å². The third-order valence-corrected chi connectivity index (χ3v) is 10.2. The number of aromatic nitrogens is 3. The van der Waals surface area contributed by atoms with E-state index in [2.05, 4.69) is 122 Å². The summed E-state index contributed by atoms with van der Waals surface area (Å²) in [6.07, 6.45) is 1.89. The molecule has 2 aromatic heterocycles. The van der Waals surface area contributed by atoms with Gasteiger partial charge in [0.25, 0.3) is 0 Å². The largest absolute Gasteiger partial charge is 0.256 e. The van der Waals surface area contributed by atoms with E-state index in [1.54, 1.807) is 0 Å². The number of rotatable bonds is 5. The van der Waals surface area contributed by atoms with Crippen molar-refractivity contribution in [1.29, 1.82) is 5.26 Å². The van der Waals surface area contributed by atoms with Crippen molar-refractivity contribution in [1.82, 2.24) is 15.0 Å². The molecule has 240 valence electrons. The molecule has 0 N–H and O–H groups in total. The van der Waals surface area contributed by atoms with Crippen molar-refractivity contribution >= 4 is 10.9 Å². The van der Waals surface area contributed by atoms with E-state index in [9.17, 15) is 5.26 Å². The fourth-order valence-corrected chi connectivity index (χ4v) is 7.50. The highest BCUT2D eigenvalue weighted by Crippen LogP contribution is 2.50. The third kappa shape index (κ3) is 5.28. The summed E-state index contributed by atoms with van der Waals surface area (Å²) in [5.74, 6) is 0.682. The zero-order valence-corrected chi connectivity index (χ0v) is 28.3. The highest BCUT2D eigenvalue weighted by atomic mass is 14.9.